The number of para-hydroxylation sites is 1. The molecule has 1 amide bonds. The Balaban J connectivity index is 1.51. The summed E-state index contributed by atoms with van der Waals surface area (Å²) in [6.07, 6.45) is 1.84. The summed E-state index contributed by atoms with van der Waals surface area (Å²) in [5.41, 5.74) is 4.53. The van der Waals surface area contributed by atoms with E-state index in [9.17, 15) is 4.79 Å². The predicted octanol–water partition coefficient (Wildman–Crippen LogP) is 6.87. The third kappa shape index (κ3) is 4.95. The zero-order valence-electron chi connectivity index (χ0n) is 19.6. The van der Waals surface area contributed by atoms with Crippen molar-refractivity contribution in [1.82, 2.24) is 0 Å². The topological polar surface area (TPSA) is 51.1 Å². The molecule has 0 radical (unpaired) electrons. The maximum absolute atomic E-state index is 13.5. The van der Waals surface area contributed by atoms with Crippen LogP contribution in [-0.2, 0) is 11.4 Å². The van der Waals surface area contributed by atoms with Crippen LogP contribution in [0.1, 0.15) is 16.7 Å². The Morgan fingerprint density at radius 2 is 1.53 bits per heavy atom. The first-order chi connectivity index (χ1) is 17.6. The molecule has 1 aliphatic rings. The Labute approximate surface area is 218 Å². The Morgan fingerprint density at radius 3 is 2.19 bits per heavy atom. The third-order valence-corrected chi connectivity index (χ3v) is 6.30. The largest absolute Gasteiger partial charge is 0.493 e. The van der Waals surface area contributed by atoms with Gasteiger partial charge in [-0.3, -0.25) is 4.79 Å². The highest BCUT2D eigenvalue weighted by molar-refractivity contribution is 9.10. The van der Waals surface area contributed by atoms with E-state index in [0.29, 0.717) is 35.1 Å². The number of amides is 1. The molecule has 4 aromatic carbocycles. The standard InChI is InChI=1S/C30H23BrN2O3/c1-35-27-19-22(18-26(31)29(27)36-20-21-11-5-2-6-12-21)17-25-28(23-13-7-3-8-14-23)32-33(30(25)34)24-15-9-4-10-16-24/h2-19H,20H2,1H3. The summed E-state index contributed by atoms with van der Waals surface area (Å²) in [5.74, 6) is 0.972. The maximum atomic E-state index is 13.5. The van der Waals surface area contributed by atoms with Crippen molar-refractivity contribution < 1.29 is 14.3 Å². The molecule has 0 fully saturated rings. The summed E-state index contributed by atoms with van der Waals surface area (Å²) in [4.78, 5) is 13.5. The van der Waals surface area contributed by atoms with E-state index >= 15 is 0 Å². The first-order valence-electron chi connectivity index (χ1n) is 11.4. The van der Waals surface area contributed by atoms with Crippen LogP contribution in [0.15, 0.2) is 118 Å². The summed E-state index contributed by atoms with van der Waals surface area (Å²) < 4.78 is 12.4. The van der Waals surface area contributed by atoms with Gasteiger partial charge in [-0.1, -0.05) is 78.9 Å². The normalized spacial score (nSPS) is 14.2. The van der Waals surface area contributed by atoms with Crippen LogP contribution in [0.3, 0.4) is 0 Å². The fourth-order valence-corrected chi connectivity index (χ4v) is 4.53. The molecule has 0 aliphatic carbocycles. The zero-order valence-corrected chi connectivity index (χ0v) is 21.2. The van der Waals surface area contributed by atoms with Gasteiger partial charge >= 0.3 is 0 Å². The lowest BCUT2D eigenvalue weighted by molar-refractivity contribution is -0.114. The van der Waals surface area contributed by atoms with Crippen molar-refractivity contribution in [3.8, 4) is 11.5 Å². The van der Waals surface area contributed by atoms with Crippen molar-refractivity contribution in [2.75, 3.05) is 12.1 Å². The molecule has 1 heterocycles. The summed E-state index contributed by atoms with van der Waals surface area (Å²) in [5, 5.41) is 6.14. The molecule has 0 unspecified atom stereocenters. The third-order valence-electron chi connectivity index (χ3n) is 5.71. The Kier molecular flexibility index (Phi) is 6.96. The molecule has 0 saturated carbocycles. The Morgan fingerprint density at radius 1 is 0.889 bits per heavy atom. The second-order valence-corrected chi connectivity index (χ2v) is 8.99. The van der Waals surface area contributed by atoms with Crippen LogP contribution in [0.4, 0.5) is 5.69 Å². The van der Waals surface area contributed by atoms with E-state index < -0.39 is 0 Å². The second kappa shape index (κ2) is 10.6. The SMILES string of the molecule is COc1cc(C=C2C(=O)N(c3ccccc3)N=C2c2ccccc2)cc(Br)c1OCc1ccccc1. The van der Waals surface area contributed by atoms with Gasteiger partial charge in [0.25, 0.3) is 5.91 Å². The lowest BCUT2D eigenvalue weighted by atomic mass is 10.00. The van der Waals surface area contributed by atoms with E-state index in [4.69, 9.17) is 14.6 Å². The molecule has 5 nitrogen and oxygen atoms in total. The van der Waals surface area contributed by atoms with Gasteiger partial charge in [0.15, 0.2) is 11.5 Å². The number of rotatable bonds is 7. The molecule has 6 heteroatoms. The van der Waals surface area contributed by atoms with Crippen LogP contribution in [-0.4, -0.2) is 18.7 Å². The first kappa shape index (κ1) is 23.6. The van der Waals surface area contributed by atoms with Gasteiger partial charge in [0, 0.05) is 5.56 Å². The minimum Gasteiger partial charge on any atom is -0.493 e. The van der Waals surface area contributed by atoms with E-state index in [0.717, 1.165) is 21.2 Å². The van der Waals surface area contributed by atoms with Crippen molar-refractivity contribution in [2.45, 2.75) is 6.61 Å². The van der Waals surface area contributed by atoms with Gasteiger partial charge in [-0.25, -0.2) is 0 Å². The van der Waals surface area contributed by atoms with Crippen LogP contribution in [0.5, 0.6) is 11.5 Å². The van der Waals surface area contributed by atoms with Crippen LogP contribution < -0.4 is 14.5 Å². The molecular weight excluding hydrogens is 516 g/mol. The number of carbonyl (C=O) groups is 1. The monoisotopic (exact) mass is 538 g/mol. The molecule has 0 atom stereocenters. The minimum absolute atomic E-state index is 0.195. The molecular formula is C30H23BrN2O3. The molecule has 4 aromatic rings. The van der Waals surface area contributed by atoms with Crippen molar-refractivity contribution in [3.63, 3.8) is 0 Å². The van der Waals surface area contributed by atoms with Crippen LogP contribution >= 0.6 is 15.9 Å². The number of hydrazone groups is 1. The van der Waals surface area contributed by atoms with Crippen LogP contribution in [0.25, 0.3) is 6.08 Å². The van der Waals surface area contributed by atoms with E-state index in [-0.39, 0.29) is 5.91 Å². The van der Waals surface area contributed by atoms with Gasteiger partial charge in [-0.15, -0.1) is 0 Å². The minimum atomic E-state index is -0.195. The number of halogens is 1. The molecule has 0 spiro atoms. The molecule has 0 aromatic heterocycles. The fourth-order valence-electron chi connectivity index (χ4n) is 3.96. The van der Waals surface area contributed by atoms with Gasteiger partial charge in [0.05, 0.1) is 22.8 Å². The molecule has 1 aliphatic heterocycles. The van der Waals surface area contributed by atoms with Crippen LogP contribution in [0.2, 0.25) is 0 Å². The van der Waals surface area contributed by atoms with E-state index in [1.807, 2.05) is 109 Å². The summed E-state index contributed by atoms with van der Waals surface area (Å²) in [6.45, 7) is 0.408. The number of benzene rings is 4. The molecule has 36 heavy (non-hydrogen) atoms. The van der Waals surface area contributed by atoms with Gasteiger partial charge in [-0.05, 0) is 57.4 Å². The van der Waals surface area contributed by atoms with E-state index in [1.54, 1.807) is 7.11 Å². The number of hydrogen-bond donors (Lipinski definition) is 0. The first-order valence-corrected chi connectivity index (χ1v) is 12.2. The number of methoxy groups -OCH3 is 1. The molecule has 178 valence electrons. The average Bonchev–Trinajstić information content (AvgIpc) is 3.25. The lowest BCUT2D eigenvalue weighted by Crippen LogP contribution is -2.21. The van der Waals surface area contributed by atoms with Crippen LogP contribution in [0, 0.1) is 0 Å². The molecule has 5 rings (SSSR count). The summed E-state index contributed by atoms with van der Waals surface area (Å²) >= 11 is 3.63. The van der Waals surface area contributed by atoms with Gasteiger partial charge < -0.3 is 9.47 Å². The number of nitrogens with zero attached hydrogens (tertiary/aromatic N) is 2. The molecule has 0 N–H and O–H groups in total. The number of anilines is 1. The lowest BCUT2D eigenvalue weighted by Gasteiger charge is -2.14. The highest BCUT2D eigenvalue weighted by Gasteiger charge is 2.32. The van der Waals surface area contributed by atoms with Crippen molar-refractivity contribution in [1.29, 1.82) is 0 Å². The zero-order chi connectivity index (χ0) is 24.9. The van der Waals surface area contributed by atoms with E-state index in [2.05, 4.69) is 15.9 Å². The van der Waals surface area contributed by atoms with Gasteiger partial charge in [0.1, 0.15) is 12.3 Å². The van der Waals surface area contributed by atoms with Gasteiger partial charge in [-0.2, -0.15) is 10.1 Å². The fraction of sp³-hybridized carbons (Fsp3) is 0.0667. The maximum Gasteiger partial charge on any atom is 0.281 e. The number of ether oxygens (including phenoxy) is 2. The van der Waals surface area contributed by atoms with Crippen molar-refractivity contribution in [2.24, 2.45) is 5.10 Å². The highest BCUT2D eigenvalue weighted by atomic mass is 79.9. The quantitative estimate of drug-likeness (QED) is 0.241. The summed E-state index contributed by atoms with van der Waals surface area (Å²) in [6, 6.07) is 32.8. The Hall–Kier alpha value is -4.16. The highest BCUT2D eigenvalue weighted by Crippen LogP contribution is 2.38. The van der Waals surface area contributed by atoms with E-state index in [1.165, 1.54) is 5.01 Å². The number of hydrogen-bond acceptors (Lipinski definition) is 4. The second-order valence-electron chi connectivity index (χ2n) is 8.13. The predicted molar refractivity (Wildman–Crippen MR) is 146 cm³/mol. The Bertz CT molecular complexity index is 1440. The molecule has 0 saturated heterocycles. The molecule has 0 bridgehead atoms. The average molecular weight is 539 g/mol. The van der Waals surface area contributed by atoms with Crippen molar-refractivity contribution in [3.05, 3.63) is 130 Å². The summed E-state index contributed by atoms with van der Waals surface area (Å²) in [7, 11) is 1.60. The van der Waals surface area contributed by atoms with Crippen molar-refractivity contribution >= 4 is 39.3 Å². The number of carbonyl (C=O) groups excluding carboxylic acids is 1. The van der Waals surface area contributed by atoms with Gasteiger partial charge in [0.2, 0.25) is 0 Å². The smallest absolute Gasteiger partial charge is 0.281 e.